The second-order valence-corrected chi connectivity index (χ2v) is 5.50. The third-order valence-electron chi connectivity index (χ3n) is 3.15. The molecule has 1 aromatic rings. The van der Waals surface area contributed by atoms with Crippen LogP contribution in [-0.2, 0) is 0 Å². The predicted molar refractivity (Wildman–Crippen MR) is 73.4 cm³/mol. The molecule has 0 atom stereocenters. The van der Waals surface area contributed by atoms with Crippen molar-refractivity contribution in [2.75, 3.05) is 13.1 Å². The fourth-order valence-corrected chi connectivity index (χ4v) is 2.66. The summed E-state index contributed by atoms with van der Waals surface area (Å²) in [5.74, 6) is 0.0533. The zero-order valence-electron chi connectivity index (χ0n) is 9.70. The summed E-state index contributed by atoms with van der Waals surface area (Å²) in [6, 6.07) is 7.52. The molecule has 94 valence electrons. The molecule has 0 radical (unpaired) electrons. The molecule has 1 aliphatic rings. The van der Waals surface area contributed by atoms with Crippen LogP contribution in [0, 0.1) is 17.2 Å². The number of hydrogen-bond donors (Lipinski definition) is 0. The molecular formula is C13H12BrClN2O. The minimum atomic E-state index is -0.0271. The summed E-state index contributed by atoms with van der Waals surface area (Å²) >= 11 is 9.32. The quantitative estimate of drug-likeness (QED) is 0.792. The molecule has 1 aliphatic heterocycles. The van der Waals surface area contributed by atoms with Crippen LogP contribution in [-0.4, -0.2) is 23.9 Å². The van der Waals surface area contributed by atoms with E-state index in [0.29, 0.717) is 28.1 Å². The van der Waals surface area contributed by atoms with Gasteiger partial charge in [-0.2, -0.15) is 5.26 Å². The highest BCUT2D eigenvalue weighted by atomic mass is 79.9. The van der Waals surface area contributed by atoms with Crippen molar-refractivity contribution in [2.45, 2.75) is 12.8 Å². The minimum Gasteiger partial charge on any atom is -0.339 e. The van der Waals surface area contributed by atoms with Crippen molar-refractivity contribution in [2.24, 2.45) is 5.92 Å². The lowest BCUT2D eigenvalue weighted by molar-refractivity contribution is 0.0706. The maximum Gasteiger partial charge on any atom is 0.255 e. The number of rotatable bonds is 1. The lowest BCUT2D eigenvalue weighted by atomic mass is 9.98. The molecule has 2 rings (SSSR count). The first-order chi connectivity index (χ1) is 8.63. The van der Waals surface area contributed by atoms with Crippen LogP contribution in [0.4, 0.5) is 0 Å². The number of nitriles is 1. The zero-order chi connectivity index (χ0) is 13.1. The van der Waals surface area contributed by atoms with Gasteiger partial charge in [0.05, 0.1) is 16.7 Å². The van der Waals surface area contributed by atoms with Gasteiger partial charge in [-0.3, -0.25) is 4.79 Å². The molecular weight excluding hydrogens is 316 g/mol. The molecule has 1 aromatic carbocycles. The van der Waals surface area contributed by atoms with Crippen LogP contribution in [0.3, 0.4) is 0 Å². The van der Waals surface area contributed by atoms with Crippen LogP contribution in [0.25, 0.3) is 0 Å². The van der Waals surface area contributed by atoms with Gasteiger partial charge in [-0.05, 0) is 40.9 Å². The van der Waals surface area contributed by atoms with Crippen molar-refractivity contribution >= 4 is 33.4 Å². The second kappa shape index (κ2) is 5.73. The van der Waals surface area contributed by atoms with E-state index in [4.69, 9.17) is 16.9 Å². The Hall–Kier alpha value is -1.05. The number of amides is 1. The van der Waals surface area contributed by atoms with Crippen LogP contribution in [0.15, 0.2) is 22.7 Å². The van der Waals surface area contributed by atoms with Crippen LogP contribution in [0.5, 0.6) is 0 Å². The number of carbonyl (C=O) groups excluding carboxylic acids is 1. The summed E-state index contributed by atoms with van der Waals surface area (Å²) in [7, 11) is 0. The molecule has 0 saturated carbocycles. The summed E-state index contributed by atoms with van der Waals surface area (Å²) < 4.78 is 0.638. The average Bonchev–Trinajstić information content (AvgIpc) is 2.41. The summed E-state index contributed by atoms with van der Waals surface area (Å²) in [5, 5.41) is 9.37. The highest BCUT2D eigenvalue weighted by molar-refractivity contribution is 9.10. The molecule has 0 N–H and O–H groups in total. The average molecular weight is 328 g/mol. The summed E-state index contributed by atoms with van der Waals surface area (Å²) in [6.45, 7) is 1.27. The van der Waals surface area contributed by atoms with E-state index in [1.54, 1.807) is 23.1 Å². The van der Waals surface area contributed by atoms with Crippen molar-refractivity contribution in [1.29, 1.82) is 5.26 Å². The van der Waals surface area contributed by atoms with E-state index in [1.807, 2.05) is 0 Å². The highest BCUT2D eigenvalue weighted by Crippen LogP contribution is 2.28. The van der Waals surface area contributed by atoms with E-state index in [2.05, 4.69) is 22.0 Å². The van der Waals surface area contributed by atoms with Gasteiger partial charge in [-0.1, -0.05) is 17.7 Å². The Kier molecular flexibility index (Phi) is 4.26. The van der Waals surface area contributed by atoms with E-state index in [1.165, 1.54) is 0 Å². The molecule has 5 heteroatoms. The van der Waals surface area contributed by atoms with Crippen LogP contribution in [0.1, 0.15) is 23.2 Å². The molecule has 0 aliphatic carbocycles. The van der Waals surface area contributed by atoms with Crippen molar-refractivity contribution in [1.82, 2.24) is 4.90 Å². The monoisotopic (exact) mass is 326 g/mol. The Morgan fingerprint density at radius 1 is 1.44 bits per heavy atom. The van der Waals surface area contributed by atoms with E-state index >= 15 is 0 Å². The normalized spacial score (nSPS) is 16.4. The molecule has 0 unspecified atom stereocenters. The Labute approximate surface area is 119 Å². The van der Waals surface area contributed by atoms with Crippen LogP contribution in [0.2, 0.25) is 5.02 Å². The number of carbonyl (C=O) groups is 1. The Bertz CT molecular complexity index is 504. The summed E-state index contributed by atoms with van der Waals surface area (Å²) in [5.41, 5.74) is 0.581. The van der Waals surface area contributed by atoms with E-state index in [9.17, 15) is 4.79 Å². The molecule has 1 fully saturated rings. The largest absolute Gasteiger partial charge is 0.339 e. The fourth-order valence-electron chi connectivity index (χ4n) is 2.05. The van der Waals surface area contributed by atoms with Gasteiger partial charge in [0.2, 0.25) is 0 Å². The first-order valence-electron chi connectivity index (χ1n) is 5.76. The summed E-state index contributed by atoms with van der Waals surface area (Å²) in [4.78, 5) is 14.1. The maximum atomic E-state index is 12.3. The third-order valence-corrected chi connectivity index (χ3v) is 4.54. The Morgan fingerprint density at radius 2 is 2.11 bits per heavy atom. The zero-order valence-corrected chi connectivity index (χ0v) is 12.0. The van der Waals surface area contributed by atoms with Gasteiger partial charge in [0.15, 0.2) is 0 Å². The number of nitrogens with zero attached hydrogens (tertiary/aromatic N) is 2. The smallest absolute Gasteiger partial charge is 0.255 e. The minimum absolute atomic E-state index is 0.0271. The number of benzene rings is 1. The predicted octanol–water partition coefficient (Wildman–Crippen LogP) is 3.48. The molecule has 18 heavy (non-hydrogen) atoms. The number of halogens is 2. The molecule has 0 aromatic heterocycles. The summed E-state index contributed by atoms with van der Waals surface area (Å²) in [6.07, 6.45) is 1.50. The number of hydrogen-bond acceptors (Lipinski definition) is 2. The Morgan fingerprint density at radius 3 is 2.72 bits per heavy atom. The first-order valence-corrected chi connectivity index (χ1v) is 6.93. The van der Waals surface area contributed by atoms with Crippen molar-refractivity contribution in [3.8, 4) is 6.07 Å². The van der Waals surface area contributed by atoms with E-state index in [-0.39, 0.29) is 11.8 Å². The molecule has 3 nitrogen and oxygen atoms in total. The highest BCUT2D eigenvalue weighted by Gasteiger charge is 2.24. The third kappa shape index (κ3) is 2.68. The van der Waals surface area contributed by atoms with Crippen LogP contribution < -0.4 is 0 Å². The maximum absolute atomic E-state index is 12.3. The fraction of sp³-hybridized carbons (Fsp3) is 0.385. The SMILES string of the molecule is N#CC1CCN(C(=O)c2cccc(Cl)c2Br)CC1. The van der Waals surface area contributed by atoms with E-state index in [0.717, 1.165) is 12.8 Å². The topological polar surface area (TPSA) is 44.1 Å². The van der Waals surface area contributed by atoms with Gasteiger partial charge in [0, 0.05) is 23.5 Å². The molecule has 1 heterocycles. The van der Waals surface area contributed by atoms with Gasteiger partial charge >= 0.3 is 0 Å². The van der Waals surface area contributed by atoms with Gasteiger partial charge < -0.3 is 4.90 Å². The van der Waals surface area contributed by atoms with Crippen molar-refractivity contribution in [3.05, 3.63) is 33.3 Å². The first kappa shape index (κ1) is 13.4. The molecule has 0 bridgehead atoms. The van der Waals surface area contributed by atoms with Crippen molar-refractivity contribution < 1.29 is 4.79 Å². The van der Waals surface area contributed by atoms with Gasteiger partial charge in [0.25, 0.3) is 5.91 Å². The molecule has 1 saturated heterocycles. The lowest BCUT2D eigenvalue weighted by Gasteiger charge is -2.29. The van der Waals surface area contributed by atoms with Crippen LogP contribution >= 0.6 is 27.5 Å². The number of piperidine rings is 1. The van der Waals surface area contributed by atoms with Gasteiger partial charge in [-0.15, -0.1) is 0 Å². The van der Waals surface area contributed by atoms with E-state index < -0.39 is 0 Å². The van der Waals surface area contributed by atoms with Crippen molar-refractivity contribution in [3.63, 3.8) is 0 Å². The number of likely N-dealkylation sites (tertiary alicyclic amines) is 1. The van der Waals surface area contributed by atoms with Gasteiger partial charge in [-0.25, -0.2) is 0 Å². The lowest BCUT2D eigenvalue weighted by Crippen LogP contribution is -2.38. The Balaban J connectivity index is 2.13. The van der Waals surface area contributed by atoms with Gasteiger partial charge in [0.1, 0.15) is 0 Å². The second-order valence-electron chi connectivity index (χ2n) is 4.30. The molecule has 1 amide bonds. The standard InChI is InChI=1S/C13H12BrClN2O/c14-12-10(2-1-3-11(12)15)13(18)17-6-4-9(8-16)5-7-17/h1-3,9H,4-7H2. The molecule has 0 spiro atoms.